The van der Waals surface area contributed by atoms with Crippen LogP contribution in [0.25, 0.3) is 0 Å². The second-order valence-electron chi connectivity index (χ2n) is 8.95. The number of hydrogen-bond acceptors (Lipinski definition) is 2. The lowest BCUT2D eigenvalue weighted by Crippen LogP contribution is -2.51. The lowest BCUT2D eigenvalue weighted by molar-refractivity contribution is 0.0576. The maximum atomic E-state index is 13.5. The molecule has 166 valence electrons. The Bertz CT molecular complexity index is 1050. The van der Waals surface area contributed by atoms with Gasteiger partial charge >= 0.3 is 0 Å². The molecule has 0 spiro atoms. The van der Waals surface area contributed by atoms with Gasteiger partial charge in [0.2, 0.25) is 0 Å². The average molecular weight is 447 g/mol. The summed E-state index contributed by atoms with van der Waals surface area (Å²) >= 11 is 6.14. The van der Waals surface area contributed by atoms with E-state index in [0.717, 1.165) is 54.1 Å². The van der Waals surface area contributed by atoms with Crippen molar-refractivity contribution in [2.45, 2.75) is 51.7 Å². The Balaban J connectivity index is 1.50. The van der Waals surface area contributed by atoms with E-state index in [4.69, 9.17) is 11.6 Å². The minimum absolute atomic E-state index is 0.144. The van der Waals surface area contributed by atoms with Crippen LogP contribution in [0.4, 0.5) is 0 Å². The van der Waals surface area contributed by atoms with E-state index < -0.39 is 0 Å². The molecule has 3 aromatic carbocycles. The van der Waals surface area contributed by atoms with Gasteiger partial charge in [-0.1, -0.05) is 71.3 Å². The van der Waals surface area contributed by atoms with Gasteiger partial charge in [-0.15, -0.1) is 0 Å². The summed E-state index contributed by atoms with van der Waals surface area (Å²) in [7, 11) is 0. The van der Waals surface area contributed by atoms with E-state index in [-0.39, 0.29) is 11.9 Å². The molecule has 0 aromatic heterocycles. The summed E-state index contributed by atoms with van der Waals surface area (Å²) in [5, 5.41) is 4.47. The standard InChI is InChI=1S/C28H31ClN2O/c1-20-13-21(2)15-24(14-20)28(32)31-12-11-26(30-19-23-9-6-10-25(29)16-23)18-27(31)17-22-7-4-3-5-8-22/h3-10,13-16,26-27,30H,11-12,17-19H2,1-2H3/t26-,27-/m0/s1. The summed E-state index contributed by atoms with van der Waals surface area (Å²) in [6.07, 6.45) is 2.75. The van der Waals surface area contributed by atoms with Crippen molar-refractivity contribution in [2.75, 3.05) is 6.54 Å². The lowest BCUT2D eigenvalue weighted by Gasteiger charge is -2.40. The molecule has 1 aliphatic rings. The van der Waals surface area contributed by atoms with Crippen LogP contribution in [0.15, 0.2) is 72.8 Å². The maximum Gasteiger partial charge on any atom is 0.254 e. The van der Waals surface area contributed by atoms with Crippen molar-refractivity contribution >= 4 is 17.5 Å². The van der Waals surface area contributed by atoms with Gasteiger partial charge in [0.15, 0.2) is 0 Å². The fourth-order valence-electron chi connectivity index (χ4n) is 4.76. The van der Waals surface area contributed by atoms with Gasteiger partial charge in [-0.05, 0) is 68.5 Å². The number of benzene rings is 3. The highest BCUT2D eigenvalue weighted by Crippen LogP contribution is 2.25. The Hall–Kier alpha value is -2.62. The Morgan fingerprint density at radius 2 is 1.69 bits per heavy atom. The van der Waals surface area contributed by atoms with Gasteiger partial charge < -0.3 is 10.2 Å². The van der Waals surface area contributed by atoms with Crippen LogP contribution in [0.1, 0.15) is 45.5 Å². The van der Waals surface area contributed by atoms with Crippen LogP contribution < -0.4 is 5.32 Å². The zero-order valence-electron chi connectivity index (χ0n) is 18.9. The fraction of sp³-hybridized carbons (Fsp3) is 0.321. The van der Waals surface area contributed by atoms with Crippen LogP contribution in [-0.4, -0.2) is 29.4 Å². The van der Waals surface area contributed by atoms with Gasteiger partial charge in [0.05, 0.1) is 0 Å². The molecule has 4 heteroatoms. The smallest absolute Gasteiger partial charge is 0.254 e. The first-order chi connectivity index (χ1) is 15.5. The SMILES string of the molecule is Cc1cc(C)cc(C(=O)N2CC[C@H](NCc3cccc(Cl)c3)C[C@@H]2Cc2ccccc2)c1. The third-order valence-electron chi connectivity index (χ3n) is 6.24. The minimum atomic E-state index is 0.144. The third-order valence-corrected chi connectivity index (χ3v) is 6.48. The number of nitrogens with zero attached hydrogens (tertiary/aromatic N) is 1. The topological polar surface area (TPSA) is 32.3 Å². The number of carbonyl (C=O) groups excluding carboxylic acids is 1. The Morgan fingerprint density at radius 3 is 2.41 bits per heavy atom. The van der Waals surface area contributed by atoms with E-state index in [0.29, 0.717) is 6.04 Å². The van der Waals surface area contributed by atoms with Crippen molar-refractivity contribution < 1.29 is 4.79 Å². The number of piperidine rings is 1. The molecular weight excluding hydrogens is 416 g/mol. The van der Waals surface area contributed by atoms with Gasteiger partial charge in [-0.2, -0.15) is 0 Å². The molecule has 32 heavy (non-hydrogen) atoms. The molecule has 1 amide bonds. The largest absolute Gasteiger partial charge is 0.335 e. The van der Waals surface area contributed by atoms with E-state index in [1.54, 1.807) is 0 Å². The molecule has 2 atom stereocenters. The molecule has 1 heterocycles. The van der Waals surface area contributed by atoms with Gasteiger partial charge in [0, 0.05) is 35.8 Å². The Morgan fingerprint density at radius 1 is 0.969 bits per heavy atom. The van der Waals surface area contributed by atoms with Gasteiger partial charge in [-0.25, -0.2) is 0 Å². The highest BCUT2D eigenvalue weighted by Gasteiger charge is 2.32. The summed E-state index contributed by atoms with van der Waals surface area (Å²) in [4.78, 5) is 15.6. The molecule has 0 bridgehead atoms. The van der Waals surface area contributed by atoms with Crippen LogP contribution in [0.2, 0.25) is 5.02 Å². The summed E-state index contributed by atoms with van der Waals surface area (Å²) in [5.41, 5.74) is 5.51. The lowest BCUT2D eigenvalue weighted by atomic mass is 9.91. The highest BCUT2D eigenvalue weighted by atomic mass is 35.5. The van der Waals surface area contributed by atoms with Crippen LogP contribution in [0.5, 0.6) is 0 Å². The molecule has 3 aromatic rings. The average Bonchev–Trinajstić information content (AvgIpc) is 2.77. The molecule has 1 fully saturated rings. The van der Waals surface area contributed by atoms with Crippen LogP contribution in [-0.2, 0) is 13.0 Å². The molecule has 0 aliphatic carbocycles. The number of aryl methyl sites for hydroxylation is 2. The van der Waals surface area contributed by atoms with Crippen LogP contribution in [0, 0.1) is 13.8 Å². The van der Waals surface area contributed by atoms with Crippen molar-refractivity contribution in [3.05, 3.63) is 106 Å². The second kappa shape index (κ2) is 10.3. The number of halogens is 1. The number of carbonyl (C=O) groups is 1. The van der Waals surface area contributed by atoms with Crippen molar-refractivity contribution in [1.29, 1.82) is 0 Å². The first kappa shape index (κ1) is 22.6. The summed E-state index contributed by atoms with van der Waals surface area (Å²) in [6, 6.07) is 25.2. The van der Waals surface area contributed by atoms with E-state index in [2.05, 4.69) is 60.5 Å². The summed E-state index contributed by atoms with van der Waals surface area (Å²) < 4.78 is 0. The first-order valence-electron chi connectivity index (χ1n) is 11.4. The second-order valence-corrected chi connectivity index (χ2v) is 9.39. The zero-order chi connectivity index (χ0) is 22.5. The van der Waals surface area contributed by atoms with Crippen LogP contribution >= 0.6 is 11.6 Å². The molecule has 0 saturated carbocycles. The Labute approximate surface area is 196 Å². The predicted octanol–water partition coefficient (Wildman–Crippen LogP) is 5.96. The van der Waals surface area contributed by atoms with Crippen molar-refractivity contribution in [3.8, 4) is 0 Å². The van der Waals surface area contributed by atoms with Crippen molar-refractivity contribution in [3.63, 3.8) is 0 Å². The van der Waals surface area contributed by atoms with E-state index >= 15 is 0 Å². The number of rotatable bonds is 6. The van der Waals surface area contributed by atoms with E-state index in [1.165, 1.54) is 11.1 Å². The molecule has 0 radical (unpaired) electrons. The monoisotopic (exact) mass is 446 g/mol. The normalized spacial score (nSPS) is 18.5. The van der Waals surface area contributed by atoms with Gasteiger partial charge in [0.25, 0.3) is 5.91 Å². The molecule has 1 aliphatic heterocycles. The predicted molar refractivity (Wildman–Crippen MR) is 132 cm³/mol. The molecule has 0 unspecified atom stereocenters. The minimum Gasteiger partial charge on any atom is -0.335 e. The third kappa shape index (κ3) is 5.79. The van der Waals surface area contributed by atoms with E-state index in [9.17, 15) is 4.79 Å². The van der Waals surface area contributed by atoms with E-state index in [1.807, 2.05) is 36.4 Å². The number of amides is 1. The van der Waals surface area contributed by atoms with Gasteiger partial charge in [-0.3, -0.25) is 4.79 Å². The zero-order valence-corrected chi connectivity index (χ0v) is 19.6. The van der Waals surface area contributed by atoms with Crippen molar-refractivity contribution in [2.24, 2.45) is 0 Å². The van der Waals surface area contributed by atoms with Crippen molar-refractivity contribution in [1.82, 2.24) is 10.2 Å². The maximum absolute atomic E-state index is 13.5. The quantitative estimate of drug-likeness (QED) is 0.506. The molecule has 4 rings (SSSR count). The molecular formula is C28H31ClN2O. The Kier molecular flexibility index (Phi) is 7.29. The highest BCUT2D eigenvalue weighted by molar-refractivity contribution is 6.30. The van der Waals surface area contributed by atoms with Gasteiger partial charge in [0.1, 0.15) is 0 Å². The molecule has 1 saturated heterocycles. The fourth-order valence-corrected chi connectivity index (χ4v) is 4.97. The first-order valence-corrected chi connectivity index (χ1v) is 11.8. The number of likely N-dealkylation sites (tertiary alicyclic amines) is 1. The molecule has 3 nitrogen and oxygen atoms in total. The van der Waals surface area contributed by atoms with Crippen LogP contribution in [0.3, 0.4) is 0 Å². The molecule has 1 N–H and O–H groups in total. The number of nitrogens with one attached hydrogen (secondary N) is 1. The summed E-state index contributed by atoms with van der Waals surface area (Å²) in [6.45, 7) is 5.65. The number of hydrogen-bond donors (Lipinski definition) is 1. The summed E-state index contributed by atoms with van der Waals surface area (Å²) in [5.74, 6) is 0.144.